The van der Waals surface area contributed by atoms with Crippen molar-refractivity contribution in [1.82, 2.24) is 0 Å². The fraction of sp³-hybridized carbons (Fsp3) is 0.875. The molecule has 0 radical (unpaired) electrons. The minimum absolute atomic E-state index is 0.0258. The standard InChI is InChI=1S/C6H12O6.C2H6O2/c7-1-3(9)5(11)6(12)4(10)2-8;3-1-2-4/h1,3-6,8-12H,2H2;3-4H,1-2H2/t3-,4+,5+,6+;/m0./s1. The molecule has 7 N–H and O–H groups in total. The van der Waals surface area contributed by atoms with Crippen molar-refractivity contribution in [3.63, 3.8) is 0 Å². The van der Waals surface area contributed by atoms with E-state index in [2.05, 4.69) is 0 Å². The van der Waals surface area contributed by atoms with Crippen LogP contribution in [-0.2, 0) is 4.79 Å². The Morgan fingerprint density at radius 3 is 1.56 bits per heavy atom. The van der Waals surface area contributed by atoms with Crippen LogP contribution >= 0.6 is 0 Å². The molecule has 0 aliphatic rings. The smallest absolute Gasteiger partial charge is 0.151 e. The molecule has 0 fully saturated rings. The molecule has 0 aliphatic carbocycles. The summed E-state index contributed by atoms with van der Waals surface area (Å²) in [7, 11) is 0. The summed E-state index contributed by atoms with van der Waals surface area (Å²) < 4.78 is 0. The van der Waals surface area contributed by atoms with Gasteiger partial charge in [0.1, 0.15) is 24.4 Å². The molecule has 0 heterocycles. The average molecular weight is 242 g/mol. The molecule has 0 unspecified atom stereocenters. The maximum Gasteiger partial charge on any atom is 0.151 e. The number of carbonyl (C=O) groups excluding carboxylic acids is 1. The number of carbonyl (C=O) groups is 1. The van der Waals surface area contributed by atoms with Crippen LogP contribution in [0.2, 0.25) is 0 Å². The summed E-state index contributed by atoms with van der Waals surface area (Å²) in [6, 6.07) is 0. The second kappa shape index (κ2) is 10.9. The van der Waals surface area contributed by atoms with Gasteiger partial charge in [0.2, 0.25) is 0 Å². The molecule has 0 aromatic carbocycles. The van der Waals surface area contributed by atoms with Crippen LogP contribution in [0.5, 0.6) is 0 Å². The molecule has 0 saturated heterocycles. The number of rotatable bonds is 6. The predicted molar refractivity (Wildman–Crippen MR) is 51.3 cm³/mol. The molecule has 0 rings (SSSR count). The fourth-order valence-electron chi connectivity index (χ4n) is 0.618. The predicted octanol–water partition coefficient (Wildman–Crippen LogP) is -4.41. The minimum Gasteiger partial charge on any atom is -0.394 e. The third kappa shape index (κ3) is 7.65. The van der Waals surface area contributed by atoms with E-state index in [9.17, 15) is 4.79 Å². The van der Waals surface area contributed by atoms with Gasteiger partial charge in [-0.2, -0.15) is 0 Å². The van der Waals surface area contributed by atoms with Crippen LogP contribution in [0.1, 0.15) is 0 Å². The van der Waals surface area contributed by atoms with Crippen molar-refractivity contribution < 1.29 is 40.5 Å². The summed E-state index contributed by atoms with van der Waals surface area (Å²) in [5.74, 6) is 0. The monoisotopic (exact) mass is 242 g/mol. The zero-order valence-corrected chi connectivity index (χ0v) is 8.55. The van der Waals surface area contributed by atoms with Gasteiger partial charge in [0.25, 0.3) is 0 Å². The van der Waals surface area contributed by atoms with E-state index in [1.807, 2.05) is 0 Å². The summed E-state index contributed by atoms with van der Waals surface area (Å²) in [4.78, 5) is 9.90. The quantitative estimate of drug-likeness (QED) is 0.230. The Balaban J connectivity index is 0. The first-order chi connectivity index (χ1) is 7.45. The molecule has 0 bridgehead atoms. The zero-order valence-electron chi connectivity index (χ0n) is 8.55. The number of aldehydes is 1. The number of hydrogen-bond acceptors (Lipinski definition) is 8. The summed E-state index contributed by atoms with van der Waals surface area (Å²) in [5.41, 5.74) is 0. The molecule has 98 valence electrons. The van der Waals surface area contributed by atoms with Gasteiger partial charge in [-0.1, -0.05) is 0 Å². The number of hydrogen-bond donors (Lipinski definition) is 7. The van der Waals surface area contributed by atoms with E-state index in [0.29, 0.717) is 0 Å². The Labute approximate surface area is 92.0 Å². The third-order valence-corrected chi connectivity index (χ3v) is 1.52. The third-order valence-electron chi connectivity index (χ3n) is 1.52. The first-order valence-electron chi connectivity index (χ1n) is 4.46. The molecule has 0 aliphatic heterocycles. The van der Waals surface area contributed by atoms with E-state index in [-0.39, 0.29) is 19.5 Å². The lowest BCUT2D eigenvalue weighted by Crippen LogP contribution is -2.46. The first-order valence-corrected chi connectivity index (χ1v) is 4.46. The van der Waals surface area contributed by atoms with Gasteiger partial charge in [-0.3, -0.25) is 0 Å². The van der Waals surface area contributed by atoms with Gasteiger partial charge < -0.3 is 40.5 Å². The van der Waals surface area contributed by atoms with Gasteiger partial charge in [-0.25, -0.2) is 0 Å². The lowest BCUT2D eigenvalue weighted by Gasteiger charge is -2.22. The van der Waals surface area contributed by atoms with Crippen molar-refractivity contribution in [2.45, 2.75) is 24.4 Å². The highest BCUT2D eigenvalue weighted by Gasteiger charge is 2.29. The largest absolute Gasteiger partial charge is 0.394 e. The van der Waals surface area contributed by atoms with Crippen molar-refractivity contribution in [2.24, 2.45) is 0 Å². The van der Waals surface area contributed by atoms with Gasteiger partial charge in [0.15, 0.2) is 6.29 Å². The maximum absolute atomic E-state index is 9.90. The minimum atomic E-state index is -1.79. The maximum atomic E-state index is 9.90. The van der Waals surface area contributed by atoms with Crippen molar-refractivity contribution in [1.29, 1.82) is 0 Å². The van der Waals surface area contributed by atoms with Crippen molar-refractivity contribution >= 4 is 6.29 Å². The van der Waals surface area contributed by atoms with E-state index in [1.54, 1.807) is 0 Å². The van der Waals surface area contributed by atoms with E-state index in [4.69, 9.17) is 35.7 Å². The molecule has 0 aromatic rings. The molecule has 8 nitrogen and oxygen atoms in total. The summed E-state index contributed by atoms with van der Waals surface area (Å²) >= 11 is 0. The summed E-state index contributed by atoms with van der Waals surface area (Å²) in [5, 5.41) is 58.8. The summed E-state index contributed by atoms with van der Waals surface area (Å²) in [6.07, 6.45) is -6.84. The molecule has 0 spiro atoms. The van der Waals surface area contributed by atoms with Gasteiger partial charge in [0.05, 0.1) is 19.8 Å². The second-order valence-corrected chi connectivity index (χ2v) is 2.80. The molecular weight excluding hydrogens is 224 g/mol. The fourth-order valence-corrected chi connectivity index (χ4v) is 0.618. The SMILES string of the molecule is O=C[C@H](O)[C@@H](O)[C@H](O)[C@H](O)CO.OCCO. The van der Waals surface area contributed by atoms with Gasteiger partial charge in [-0.15, -0.1) is 0 Å². The Morgan fingerprint density at radius 2 is 1.31 bits per heavy atom. The average Bonchev–Trinajstić information content (AvgIpc) is 2.34. The van der Waals surface area contributed by atoms with Crippen LogP contribution in [0, 0.1) is 0 Å². The van der Waals surface area contributed by atoms with Gasteiger partial charge in [-0.05, 0) is 0 Å². The Hall–Kier alpha value is -0.610. The van der Waals surface area contributed by atoms with E-state index in [1.165, 1.54) is 0 Å². The first kappa shape index (κ1) is 17.8. The molecule has 8 heteroatoms. The highest BCUT2D eigenvalue weighted by atomic mass is 16.4. The van der Waals surface area contributed by atoms with Crippen LogP contribution in [0.4, 0.5) is 0 Å². The van der Waals surface area contributed by atoms with Crippen molar-refractivity contribution in [2.75, 3.05) is 19.8 Å². The molecule has 4 atom stereocenters. The van der Waals surface area contributed by atoms with Crippen LogP contribution in [-0.4, -0.2) is 86.3 Å². The van der Waals surface area contributed by atoms with Crippen LogP contribution in [0.15, 0.2) is 0 Å². The van der Waals surface area contributed by atoms with Crippen LogP contribution in [0.25, 0.3) is 0 Å². The second-order valence-electron chi connectivity index (χ2n) is 2.80. The van der Waals surface area contributed by atoms with Crippen LogP contribution in [0.3, 0.4) is 0 Å². The number of aliphatic hydroxyl groups is 7. The highest BCUT2D eigenvalue weighted by Crippen LogP contribution is 2.02. The zero-order chi connectivity index (χ0) is 13.1. The van der Waals surface area contributed by atoms with Crippen molar-refractivity contribution in [3.05, 3.63) is 0 Å². The topological polar surface area (TPSA) is 159 Å². The lowest BCUT2D eigenvalue weighted by atomic mass is 10.0. The van der Waals surface area contributed by atoms with Gasteiger partial charge >= 0.3 is 0 Å². The molecule has 0 aromatic heterocycles. The van der Waals surface area contributed by atoms with Gasteiger partial charge in [0, 0.05) is 0 Å². The molecule has 0 saturated carbocycles. The summed E-state index contributed by atoms with van der Waals surface area (Å²) in [6.45, 7) is -1.01. The Kier molecular flexibility index (Phi) is 12.1. The molecular formula is C8H18O8. The van der Waals surface area contributed by atoms with E-state index >= 15 is 0 Å². The molecule has 16 heavy (non-hydrogen) atoms. The molecule has 0 amide bonds. The Morgan fingerprint density at radius 1 is 0.875 bits per heavy atom. The lowest BCUT2D eigenvalue weighted by molar-refractivity contribution is -0.136. The highest BCUT2D eigenvalue weighted by molar-refractivity contribution is 5.56. The van der Waals surface area contributed by atoms with Crippen LogP contribution < -0.4 is 0 Å². The normalized spacial score (nSPS) is 17.7. The van der Waals surface area contributed by atoms with E-state index < -0.39 is 31.0 Å². The number of aliphatic hydroxyl groups excluding tert-OH is 7. The Bertz CT molecular complexity index is 162. The van der Waals surface area contributed by atoms with E-state index in [0.717, 1.165) is 0 Å². The van der Waals surface area contributed by atoms with Crippen molar-refractivity contribution in [3.8, 4) is 0 Å².